The van der Waals surface area contributed by atoms with Crippen molar-refractivity contribution >= 4 is 51.4 Å². The van der Waals surface area contributed by atoms with Gasteiger partial charge in [-0.1, -0.05) is 18.2 Å². The van der Waals surface area contributed by atoms with Gasteiger partial charge in [0.2, 0.25) is 23.6 Å². The lowest BCUT2D eigenvalue weighted by molar-refractivity contribution is -0.134. The monoisotopic (exact) mass is 781 g/mol. The van der Waals surface area contributed by atoms with Crippen LogP contribution in [0.4, 0.5) is 28.7 Å². The van der Waals surface area contributed by atoms with Gasteiger partial charge in [0.1, 0.15) is 12.3 Å². The van der Waals surface area contributed by atoms with Gasteiger partial charge in [0.15, 0.2) is 0 Å². The Labute approximate surface area is 338 Å². The SMILES string of the molecule is Cc1c(N2CCc3cnc(Nc4ccc(N5CCC(N6CCC(c7cccc8c(C9CCC(=O)NC9=O)nn(C)c78)CC6)CC5)cc4)nc3C2)cnc2c1NCCO2. The third kappa shape index (κ3) is 6.86. The Morgan fingerprint density at radius 2 is 1.71 bits per heavy atom. The molecule has 2 aromatic carbocycles. The van der Waals surface area contributed by atoms with Crippen molar-refractivity contribution in [2.45, 2.75) is 76.3 Å². The summed E-state index contributed by atoms with van der Waals surface area (Å²) in [6, 6.07) is 15.7. The van der Waals surface area contributed by atoms with Gasteiger partial charge in [0, 0.05) is 74.2 Å². The van der Waals surface area contributed by atoms with Crippen molar-refractivity contribution in [3.8, 4) is 5.88 Å². The van der Waals surface area contributed by atoms with E-state index in [4.69, 9.17) is 14.8 Å². The molecule has 3 fully saturated rings. The average Bonchev–Trinajstić information content (AvgIpc) is 3.60. The number of para-hydroxylation sites is 1. The molecule has 1 unspecified atom stereocenters. The molecule has 300 valence electrons. The number of hydrogen-bond acceptors (Lipinski definition) is 12. The maximum absolute atomic E-state index is 12.7. The zero-order chi connectivity index (χ0) is 39.3. The fourth-order valence-electron chi connectivity index (χ4n) is 9.98. The molecule has 5 aromatic rings. The molecule has 58 heavy (non-hydrogen) atoms. The standard InChI is InChI=1S/C44H51N11O3/c1-27-37(25-46-43-39(27)45-17-23-58-43)55-20-14-29-24-47-44(49-36(29)26-55)48-30-6-8-31(9-7-30)54-21-15-32(16-22-54)53-18-12-28(13-19-53)33-4-3-5-34-40(51-52(2)41(33)34)35-10-11-38(56)50-42(35)57/h3-9,24-25,28,32,35,45H,10-23,26H2,1-2H3,(H,47,48,49)(H,50,56,57). The second kappa shape index (κ2) is 15.2. The van der Waals surface area contributed by atoms with E-state index in [-0.39, 0.29) is 17.7 Å². The number of carbonyl (C=O) groups excluding carboxylic acids is 2. The number of pyridine rings is 1. The van der Waals surface area contributed by atoms with Gasteiger partial charge < -0.3 is 30.1 Å². The number of anilines is 5. The van der Waals surface area contributed by atoms with Crippen LogP contribution in [0.5, 0.6) is 5.88 Å². The first-order valence-corrected chi connectivity index (χ1v) is 21.0. The Hall–Kier alpha value is -5.76. The lowest BCUT2D eigenvalue weighted by Gasteiger charge is -2.42. The Balaban J connectivity index is 0.729. The van der Waals surface area contributed by atoms with Crippen molar-refractivity contribution in [3.05, 3.63) is 82.9 Å². The molecule has 0 radical (unpaired) electrons. The fraction of sp³-hybridized carbons (Fsp3) is 0.455. The minimum absolute atomic E-state index is 0.197. The van der Waals surface area contributed by atoms with Crippen LogP contribution in [0.3, 0.4) is 0 Å². The zero-order valence-corrected chi connectivity index (χ0v) is 33.3. The fourth-order valence-corrected chi connectivity index (χ4v) is 9.98. The molecule has 0 saturated carbocycles. The second-order valence-electron chi connectivity index (χ2n) is 16.5. The van der Waals surface area contributed by atoms with E-state index in [1.54, 1.807) is 0 Å². The topological polar surface area (TPSA) is 146 Å². The first-order valence-electron chi connectivity index (χ1n) is 21.0. The van der Waals surface area contributed by atoms with Gasteiger partial charge in [-0.05, 0) is 99.8 Å². The van der Waals surface area contributed by atoms with Crippen LogP contribution in [0, 0.1) is 6.92 Å². The number of fused-ring (bicyclic) bond motifs is 3. The van der Waals surface area contributed by atoms with Gasteiger partial charge >= 0.3 is 0 Å². The number of carbonyl (C=O) groups is 2. The van der Waals surface area contributed by atoms with Gasteiger partial charge in [-0.3, -0.25) is 19.6 Å². The number of piperidine rings is 3. The van der Waals surface area contributed by atoms with E-state index in [1.807, 2.05) is 24.1 Å². The molecule has 0 bridgehead atoms. The maximum Gasteiger partial charge on any atom is 0.237 e. The molecule has 3 N–H and O–H groups in total. The van der Waals surface area contributed by atoms with E-state index in [2.05, 4.69) is 90.0 Å². The summed E-state index contributed by atoms with van der Waals surface area (Å²) >= 11 is 0. The number of nitrogens with zero attached hydrogens (tertiary/aromatic N) is 8. The Kier molecular flexibility index (Phi) is 9.59. The van der Waals surface area contributed by atoms with Crippen molar-refractivity contribution in [1.82, 2.24) is 34.9 Å². The highest BCUT2D eigenvalue weighted by Crippen LogP contribution is 2.39. The highest BCUT2D eigenvalue weighted by atomic mass is 16.5. The van der Waals surface area contributed by atoms with E-state index in [0.717, 1.165) is 116 Å². The molecule has 5 aliphatic heterocycles. The molecular formula is C44H51N11O3. The van der Waals surface area contributed by atoms with E-state index >= 15 is 0 Å². The summed E-state index contributed by atoms with van der Waals surface area (Å²) < 4.78 is 7.70. The molecule has 14 nitrogen and oxygen atoms in total. The summed E-state index contributed by atoms with van der Waals surface area (Å²) in [6.45, 7) is 9.42. The predicted molar refractivity (Wildman–Crippen MR) is 224 cm³/mol. The molecule has 14 heteroatoms. The van der Waals surface area contributed by atoms with E-state index in [1.165, 1.54) is 16.8 Å². The molecule has 2 amide bonds. The smallest absolute Gasteiger partial charge is 0.237 e. The van der Waals surface area contributed by atoms with Crippen molar-refractivity contribution < 1.29 is 14.3 Å². The second-order valence-corrected chi connectivity index (χ2v) is 16.5. The number of ether oxygens (including phenoxy) is 1. The Morgan fingerprint density at radius 1 is 0.879 bits per heavy atom. The molecule has 3 saturated heterocycles. The van der Waals surface area contributed by atoms with Gasteiger partial charge in [-0.25, -0.2) is 15.0 Å². The zero-order valence-electron chi connectivity index (χ0n) is 33.3. The van der Waals surface area contributed by atoms with Crippen LogP contribution >= 0.6 is 0 Å². The third-order valence-electron chi connectivity index (χ3n) is 13.1. The quantitative estimate of drug-likeness (QED) is 0.178. The molecule has 10 rings (SSSR count). The first kappa shape index (κ1) is 36.6. The van der Waals surface area contributed by atoms with E-state index < -0.39 is 0 Å². The van der Waals surface area contributed by atoms with Crippen LogP contribution in [0.1, 0.15) is 78.4 Å². The molecule has 5 aliphatic rings. The van der Waals surface area contributed by atoms with Crippen LogP contribution < -0.4 is 30.5 Å². The highest BCUT2D eigenvalue weighted by Gasteiger charge is 2.34. The molecule has 1 atom stereocenters. The van der Waals surface area contributed by atoms with Crippen molar-refractivity contribution in [3.63, 3.8) is 0 Å². The largest absolute Gasteiger partial charge is 0.474 e. The van der Waals surface area contributed by atoms with Crippen molar-refractivity contribution in [2.24, 2.45) is 7.05 Å². The van der Waals surface area contributed by atoms with Crippen LogP contribution in [0.25, 0.3) is 10.9 Å². The van der Waals surface area contributed by atoms with Gasteiger partial charge in [0.05, 0.1) is 41.3 Å². The number of benzene rings is 2. The minimum Gasteiger partial charge on any atom is -0.474 e. The number of likely N-dealkylation sites (tertiary alicyclic amines) is 1. The Bertz CT molecular complexity index is 2360. The molecular weight excluding hydrogens is 731 g/mol. The van der Waals surface area contributed by atoms with Crippen LogP contribution in [-0.4, -0.2) is 93.4 Å². The van der Waals surface area contributed by atoms with Gasteiger partial charge in [-0.2, -0.15) is 5.10 Å². The summed E-state index contributed by atoms with van der Waals surface area (Å²) in [6.07, 6.45) is 10.2. The summed E-state index contributed by atoms with van der Waals surface area (Å²) in [7, 11) is 1.98. The van der Waals surface area contributed by atoms with Crippen molar-refractivity contribution in [2.75, 3.05) is 66.3 Å². The number of imide groups is 1. The number of nitrogens with one attached hydrogen (secondary N) is 3. The first-order chi connectivity index (χ1) is 28.4. The van der Waals surface area contributed by atoms with E-state index in [9.17, 15) is 9.59 Å². The summed E-state index contributed by atoms with van der Waals surface area (Å²) in [5.74, 6) is 0.936. The molecule has 3 aromatic heterocycles. The van der Waals surface area contributed by atoms with Gasteiger partial charge in [-0.15, -0.1) is 0 Å². The predicted octanol–water partition coefficient (Wildman–Crippen LogP) is 5.55. The molecule has 8 heterocycles. The summed E-state index contributed by atoms with van der Waals surface area (Å²) in [4.78, 5) is 46.3. The van der Waals surface area contributed by atoms with Crippen LogP contribution in [0.15, 0.2) is 54.9 Å². The number of aryl methyl sites for hydroxylation is 1. The number of amides is 2. The lowest BCUT2D eigenvalue weighted by Crippen LogP contribution is -2.47. The molecule has 0 spiro atoms. The number of hydrogen-bond donors (Lipinski definition) is 3. The minimum atomic E-state index is -0.384. The van der Waals surface area contributed by atoms with Crippen molar-refractivity contribution in [1.29, 1.82) is 0 Å². The lowest BCUT2D eigenvalue weighted by atomic mass is 9.85. The molecule has 0 aliphatic carbocycles. The third-order valence-corrected chi connectivity index (χ3v) is 13.1. The summed E-state index contributed by atoms with van der Waals surface area (Å²) in [5, 5.41) is 15.3. The summed E-state index contributed by atoms with van der Waals surface area (Å²) in [5.41, 5.74) is 11.0. The van der Waals surface area contributed by atoms with E-state index in [0.29, 0.717) is 49.8 Å². The normalized spacial score (nSPS) is 20.6. The Morgan fingerprint density at radius 3 is 2.52 bits per heavy atom. The van der Waals surface area contributed by atoms with Crippen LogP contribution in [0.2, 0.25) is 0 Å². The number of aromatic nitrogens is 5. The highest BCUT2D eigenvalue weighted by molar-refractivity contribution is 6.02. The maximum atomic E-state index is 12.7. The number of rotatable bonds is 7. The van der Waals surface area contributed by atoms with Gasteiger partial charge in [0.25, 0.3) is 0 Å². The van der Waals surface area contributed by atoms with Crippen LogP contribution in [-0.2, 0) is 29.6 Å². The average molecular weight is 782 g/mol.